The fraction of sp³-hybridized carbons (Fsp3) is 0.545. The number of benzene rings is 1. The van der Waals surface area contributed by atoms with Gasteiger partial charge in [-0.05, 0) is 42.9 Å². The van der Waals surface area contributed by atoms with E-state index < -0.39 is 0 Å². The zero-order valence-corrected chi connectivity index (χ0v) is 18.6. The third kappa shape index (κ3) is 4.42. The van der Waals surface area contributed by atoms with Crippen LogP contribution in [-0.2, 0) is 11.8 Å². The van der Waals surface area contributed by atoms with E-state index in [9.17, 15) is 9.18 Å². The maximum atomic E-state index is 12.5. The van der Waals surface area contributed by atoms with Gasteiger partial charge < -0.3 is 15.8 Å². The topological polar surface area (TPSA) is 85.4 Å². The number of aldehydes is 1. The fourth-order valence-electron chi connectivity index (χ4n) is 4.94. The number of nitrogens with zero attached hydrogens (tertiary/aromatic N) is 3. The number of anilines is 2. The molecule has 2 aromatic rings. The van der Waals surface area contributed by atoms with E-state index in [0.717, 1.165) is 55.6 Å². The Kier molecular flexibility index (Phi) is 6.50. The van der Waals surface area contributed by atoms with Crippen molar-refractivity contribution in [2.45, 2.75) is 24.8 Å². The minimum atomic E-state index is -0.388. The van der Waals surface area contributed by atoms with E-state index >= 15 is 0 Å². The van der Waals surface area contributed by atoms with Gasteiger partial charge in [0.2, 0.25) is 0 Å². The first kappa shape index (κ1) is 22.0. The maximum absolute atomic E-state index is 12.5. The lowest BCUT2D eigenvalue weighted by Crippen LogP contribution is -2.48. The number of aryl methyl sites for hydroxylation is 1. The lowest BCUT2D eigenvalue weighted by atomic mass is 9.98. The highest BCUT2D eigenvalue weighted by atomic mass is 35.5. The number of carbonyl (C=O) groups is 1. The van der Waals surface area contributed by atoms with E-state index in [1.807, 2.05) is 0 Å². The molecule has 0 bridgehead atoms. The standard InChI is InChI=1S/C15H22N4O2.C7H7ClFN/c1-18-15(16)13(6-20)14(17-18)9-2-10-4-19(5-11(10)3-9)12-7-21-8-12;1-10-5-2-3-7(9)6(8)4-5/h6,9-12H,2-5,7-8,16H2,1H3;2-4,10H,1H3. The number of nitrogens with one attached hydrogen (secondary N) is 1. The number of halogens is 2. The largest absolute Gasteiger partial charge is 0.388 e. The molecule has 1 aromatic carbocycles. The van der Waals surface area contributed by atoms with Gasteiger partial charge in [0.25, 0.3) is 0 Å². The third-order valence-electron chi connectivity index (χ3n) is 6.79. The summed E-state index contributed by atoms with van der Waals surface area (Å²) >= 11 is 5.48. The Labute approximate surface area is 186 Å². The van der Waals surface area contributed by atoms with Crippen molar-refractivity contribution in [2.24, 2.45) is 18.9 Å². The number of aromatic nitrogens is 2. The number of hydrogen-bond acceptors (Lipinski definition) is 6. The Hall–Kier alpha value is -2.16. The van der Waals surface area contributed by atoms with Crippen LogP contribution in [0.2, 0.25) is 5.02 Å². The van der Waals surface area contributed by atoms with Crippen LogP contribution in [0.15, 0.2) is 18.2 Å². The van der Waals surface area contributed by atoms with Crippen molar-refractivity contribution in [3.8, 4) is 0 Å². The van der Waals surface area contributed by atoms with Crippen molar-refractivity contribution in [1.29, 1.82) is 0 Å². The van der Waals surface area contributed by atoms with Crippen LogP contribution in [-0.4, -0.2) is 60.4 Å². The summed E-state index contributed by atoms with van der Waals surface area (Å²) in [5.74, 6) is 1.96. The van der Waals surface area contributed by atoms with Gasteiger partial charge in [0.05, 0.1) is 35.5 Å². The first-order chi connectivity index (χ1) is 14.9. The van der Waals surface area contributed by atoms with E-state index in [2.05, 4.69) is 15.3 Å². The summed E-state index contributed by atoms with van der Waals surface area (Å²) in [7, 11) is 3.56. The third-order valence-corrected chi connectivity index (χ3v) is 7.08. The molecule has 3 heterocycles. The highest BCUT2D eigenvalue weighted by Gasteiger charge is 2.45. The van der Waals surface area contributed by atoms with Crippen LogP contribution in [0.25, 0.3) is 0 Å². The van der Waals surface area contributed by atoms with E-state index in [1.54, 1.807) is 24.8 Å². The van der Waals surface area contributed by atoms with Gasteiger partial charge in [-0.3, -0.25) is 14.4 Å². The summed E-state index contributed by atoms with van der Waals surface area (Å²) in [5.41, 5.74) is 8.26. The van der Waals surface area contributed by atoms with E-state index in [0.29, 0.717) is 23.3 Å². The average Bonchev–Trinajstić information content (AvgIpc) is 3.35. The maximum Gasteiger partial charge on any atom is 0.155 e. The lowest BCUT2D eigenvalue weighted by molar-refractivity contribution is -0.0594. The van der Waals surface area contributed by atoms with Gasteiger partial charge in [0.1, 0.15) is 11.6 Å². The highest BCUT2D eigenvalue weighted by Crippen LogP contribution is 2.47. The molecule has 2 aliphatic heterocycles. The molecule has 1 aliphatic carbocycles. The summed E-state index contributed by atoms with van der Waals surface area (Å²) in [6, 6.07) is 5.14. The molecule has 3 N–H and O–H groups in total. The van der Waals surface area contributed by atoms with Crippen molar-refractivity contribution >= 4 is 29.4 Å². The molecule has 1 aromatic heterocycles. The van der Waals surface area contributed by atoms with Gasteiger partial charge >= 0.3 is 0 Å². The van der Waals surface area contributed by atoms with Crippen LogP contribution in [0, 0.1) is 17.7 Å². The predicted molar refractivity (Wildman–Crippen MR) is 119 cm³/mol. The molecule has 31 heavy (non-hydrogen) atoms. The Balaban J connectivity index is 0.000000196. The molecule has 0 amide bonds. The monoisotopic (exact) mass is 449 g/mol. The van der Waals surface area contributed by atoms with Crippen LogP contribution >= 0.6 is 11.6 Å². The van der Waals surface area contributed by atoms with Gasteiger partial charge in [-0.25, -0.2) is 4.39 Å². The van der Waals surface area contributed by atoms with Gasteiger partial charge in [0.15, 0.2) is 6.29 Å². The zero-order chi connectivity index (χ0) is 22.1. The molecule has 9 heteroatoms. The molecule has 5 rings (SSSR count). The number of carbonyl (C=O) groups excluding carboxylic acids is 1. The minimum Gasteiger partial charge on any atom is -0.388 e. The number of hydrogen-bond donors (Lipinski definition) is 2. The number of nitrogen functional groups attached to an aromatic ring is 1. The Bertz CT molecular complexity index is 934. The second-order valence-corrected chi connectivity index (χ2v) is 9.05. The molecule has 0 spiro atoms. The molecule has 2 atom stereocenters. The number of ether oxygens (including phenoxy) is 1. The second-order valence-electron chi connectivity index (χ2n) is 8.64. The van der Waals surface area contributed by atoms with Crippen molar-refractivity contribution < 1.29 is 13.9 Å². The molecule has 3 fully saturated rings. The van der Waals surface area contributed by atoms with E-state index in [-0.39, 0.29) is 10.8 Å². The summed E-state index contributed by atoms with van der Waals surface area (Å²) in [4.78, 5) is 13.9. The Morgan fingerprint density at radius 1 is 1.29 bits per heavy atom. The SMILES string of the molecule is CNc1ccc(F)c(Cl)c1.Cn1nc(C2CC3CN(C4COC4)CC3C2)c(C=O)c1N. The molecule has 3 aliphatic rings. The van der Waals surface area contributed by atoms with Gasteiger partial charge in [0, 0.05) is 38.8 Å². The van der Waals surface area contributed by atoms with Crippen molar-refractivity contribution in [3.63, 3.8) is 0 Å². The average molecular weight is 450 g/mol. The van der Waals surface area contributed by atoms with Crippen LogP contribution in [0.5, 0.6) is 0 Å². The highest BCUT2D eigenvalue weighted by molar-refractivity contribution is 6.31. The Morgan fingerprint density at radius 3 is 2.48 bits per heavy atom. The van der Waals surface area contributed by atoms with Crippen LogP contribution < -0.4 is 11.1 Å². The number of likely N-dealkylation sites (tertiary alicyclic amines) is 1. The van der Waals surface area contributed by atoms with Gasteiger partial charge in [-0.1, -0.05) is 11.6 Å². The smallest absolute Gasteiger partial charge is 0.155 e. The van der Waals surface area contributed by atoms with Crippen molar-refractivity contribution in [2.75, 3.05) is 44.4 Å². The number of rotatable bonds is 4. The normalized spacial score (nSPS) is 25.5. The molecule has 168 valence electrons. The quantitative estimate of drug-likeness (QED) is 0.697. The first-order valence-electron chi connectivity index (χ1n) is 10.6. The molecule has 1 saturated carbocycles. The molecule has 2 unspecified atom stereocenters. The van der Waals surface area contributed by atoms with Gasteiger partial charge in [-0.2, -0.15) is 5.10 Å². The predicted octanol–water partition coefficient (Wildman–Crippen LogP) is 3.16. The molecule has 7 nitrogen and oxygen atoms in total. The lowest BCUT2D eigenvalue weighted by Gasteiger charge is -2.35. The van der Waals surface area contributed by atoms with E-state index in [1.165, 1.54) is 25.2 Å². The zero-order valence-electron chi connectivity index (χ0n) is 17.9. The molecular weight excluding hydrogens is 421 g/mol. The number of fused-ring (bicyclic) bond motifs is 1. The van der Waals surface area contributed by atoms with Crippen LogP contribution in [0.4, 0.5) is 15.9 Å². The van der Waals surface area contributed by atoms with Crippen LogP contribution in [0.3, 0.4) is 0 Å². The number of nitrogens with two attached hydrogens (primary N) is 1. The minimum absolute atomic E-state index is 0.145. The van der Waals surface area contributed by atoms with Crippen LogP contribution in [0.1, 0.15) is 34.8 Å². The van der Waals surface area contributed by atoms with Crippen molar-refractivity contribution in [3.05, 3.63) is 40.3 Å². The van der Waals surface area contributed by atoms with Gasteiger partial charge in [-0.15, -0.1) is 0 Å². The summed E-state index contributed by atoms with van der Waals surface area (Å²) < 4.78 is 19.4. The summed E-state index contributed by atoms with van der Waals surface area (Å²) in [6.07, 6.45) is 3.13. The summed E-state index contributed by atoms with van der Waals surface area (Å²) in [6.45, 7) is 4.14. The molecule has 0 radical (unpaired) electrons. The Morgan fingerprint density at radius 2 is 1.97 bits per heavy atom. The second kappa shape index (κ2) is 9.14. The fourth-order valence-corrected chi connectivity index (χ4v) is 5.12. The van der Waals surface area contributed by atoms with E-state index in [4.69, 9.17) is 22.1 Å². The molecule has 2 saturated heterocycles. The summed E-state index contributed by atoms with van der Waals surface area (Å²) in [5, 5.41) is 7.49. The van der Waals surface area contributed by atoms with Crippen molar-refractivity contribution in [1.82, 2.24) is 14.7 Å². The molecular formula is C22H29ClFN5O2. The first-order valence-corrected chi connectivity index (χ1v) is 11.0.